The van der Waals surface area contributed by atoms with E-state index >= 15 is 0 Å². The molecule has 0 aliphatic heterocycles. The van der Waals surface area contributed by atoms with Gasteiger partial charge in [0.2, 0.25) is 0 Å². The number of amides is 1. The standard InChI is InChI=1S/C24H24N2O3/c1-15(2)24(4,14-25)26-22(27)16(3)29-23(28)21-19-11-7-5-9-17(19)13-18-10-6-8-12-20(18)21/h5-13,15-16H,1-4H3,(H,26,27). The monoisotopic (exact) mass is 388 g/mol. The Balaban J connectivity index is 1.93. The maximum atomic E-state index is 13.1. The van der Waals surface area contributed by atoms with Gasteiger partial charge in [-0.1, -0.05) is 62.4 Å². The minimum atomic E-state index is -1.04. The average molecular weight is 388 g/mol. The van der Waals surface area contributed by atoms with Crippen LogP contribution in [0.3, 0.4) is 0 Å². The van der Waals surface area contributed by atoms with Gasteiger partial charge in [0.15, 0.2) is 6.10 Å². The molecule has 2 unspecified atom stereocenters. The van der Waals surface area contributed by atoms with Gasteiger partial charge in [0.1, 0.15) is 5.54 Å². The zero-order chi connectivity index (χ0) is 21.2. The molecule has 5 nitrogen and oxygen atoms in total. The van der Waals surface area contributed by atoms with Gasteiger partial charge in [0.05, 0.1) is 11.6 Å². The van der Waals surface area contributed by atoms with E-state index < -0.39 is 23.5 Å². The first-order valence-electron chi connectivity index (χ1n) is 9.61. The molecule has 0 bridgehead atoms. The van der Waals surface area contributed by atoms with E-state index in [9.17, 15) is 14.9 Å². The van der Waals surface area contributed by atoms with Crippen molar-refractivity contribution in [1.29, 1.82) is 5.26 Å². The summed E-state index contributed by atoms with van der Waals surface area (Å²) in [6, 6.07) is 19.3. The Bertz CT molecular complexity index is 1080. The van der Waals surface area contributed by atoms with Crippen LogP contribution in [0.15, 0.2) is 54.6 Å². The molecule has 0 spiro atoms. The molecule has 0 aromatic heterocycles. The first-order chi connectivity index (χ1) is 13.8. The number of nitriles is 1. The number of esters is 1. The third-order valence-corrected chi connectivity index (χ3v) is 5.40. The van der Waals surface area contributed by atoms with Crippen molar-refractivity contribution in [2.24, 2.45) is 5.92 Å². The van der Waals surface area contributed by atoms with Gasteiger partial charge >= 0.3 is 5.97 Å². The van der Waals surface area contributed by atoms with Crippen LogP contribution in [-0.2, 0) is 9.53 Å². The molecule has 0 saturated heterocycles. The second-order valence-corrected chi connectivity index (χ2v) is 7.70. The van der Waals surface area contributed by atoms with Crippen molar-refractivity contribution in [2.45, 2.75) is 39.3 Å². The van der Waals surface area contributed by atoms with Crippen molar-refractivity contribution in [3.63, 3.8) is 0 Å². The van der Waals surface area contributed by atoms with Crippen LogP contribution in [-0.4, -0.2) is 23.5 Å². The van der Waals surface area contributed by atoms with E-state index in [1.54, 1.807) is 6.92 Å². The smallest absolute Gasteiger partial charge is 0.340 e. The molecule has 148 valence electrons. The van der Waals surface area contributed by atoms with Crippen molar-refractivity contribution < 1.29 is 14.3 Å². The topological polar surface area (TPSA) is 79.2 Å². The van der Waals surface area contributed by atoms with Gasteiger partial charge in [-0.15, -0.1) is 0 Å². The lowest BCUT2D eigenvalue weighted by atomic mass is 9.90. The molecule has 0 saturated carbocycles. The van der Waals surface area contributed by atoms with Gasteiger partial charge in [0, 0.05) is 0 Å². The van der Waals surface area contributed by atoms with E-state index in [4.69, 9.17) is 4.74 Å². The van der Waals surface area contributed by atoms with Crippen LogP contribution in [0.25, 0.3) is 21.5 Å². The zero-order valence-electron chi connectivity index (χ0n) is 17.0. The molecule has 0 radical (unpaired) electrons. The number of nitrogens with zero attached hydrogens (tertiary/aromatic N) is 1. The summed E-state index contributed by atoms with van der Waals surface area (Å²) in [7, 11) is 0. The second kappa shape index (κ2) is 7.92. The minimum absolute atomic E-state index is 0.0960. The third kappa shape index (κ3) is 3.93. The highest BCUT2D eigenvalue weighted by molar-refractivity contribution is 6.16. The summed E-state index contributed by atoms with van der Waals surface area (Å²) in [5.41, 5.74) is -0.602. The Morgan fingerprint density at radius 2 is 1.52 bits per heavy atom. The Kier molecular flexibility index (Phi) is 5.56. The number of hydrogen-bond donors (Lipinski definition) is 1. The predicted octanol–water partition coefficient (Wildman–Crippen LogP) is 4.59. The summed E-state index contributed by atoms with van der Waals surface area (Å²) < 4.78 is 5.52. The number of carbonyl (C=O) groups is 2. The van der Waals surface area contributed by atoms with Crippen LogP contribution in [0.4, 0.5) is 0 Å². The van der Waals surface area contributed by atoms with Crippen molar-refractivity contribution in [1.82, 2.24) is 5.32 Å². The van der Waals surface area contributed by atoms with Crippen LogP contribution in [0.5, 0.6) is 0 Å². The number of carbonyl (C=O) groups excluding carboxylic acids is 2. The predicted molar refractivity (Wildman–Crippen MR) is 113 cm³/mol. The van der Waals surface area contributed by atoms with Crippen molar-refractivity contribution in [3.8, 4) is 6.07 Å². The van der Waals surface area contributed by atoms with Gasteiger partial charge < -0.3 is 10.1 Å². The molecule has 0 fully saturated rings. The van der Waals surface area contributed by atoms with E-state index in [0.717, 1.165) is 21.5 Å². The summed E-state index contributed by atoms with van der Waals surface area (Å²) in [6.45, 7) is 6.87. The number of rotatable bonds is 5. The van der Waals surface area contributed by atoms with Gasteiger partial charge in [-0.25, -0.2) is 4.79 Å². The number of fused-ring (bicyclic) bond motifs is 2. The lowest BCUT2D eigenvalue weighted by Crippen LogP contribution is -2.52. The largest absolute Gasteiger partial charge is 0.449 e. The molecule has 0 heterocycles. The normalized spacial score (nSPS) is 14.2. The van der Waals surface area contributed by atoms with Crippen LogP contribution < -0.4 is 5.32 Å². The second-order valence-electron chi connectivity index (χ2n) is 7.70. The first kappa shape index (κ1) is 20.3. The van der Waals surface area contributed by atoms with Gasteiger partial charge in [-0.3, -0.25) is 4.79 Å². The molecule has 3 rings (SSSR count). The summed E-state index contributed by atoms with van der Waals surface area (Å²) in [6.07, 6.45) is -1.04. The third-order valence-electron chi connectivity index (χ3n) is 5.40. The van der Waals surface area contributed by atoms with E-state index in [-0.39, 0.29) is 5.92 Å². The molecular weight excluding hydrogens is 364 g/mol. The molecule has 5 heteroatoms. The molecule has 0 aliphatic rings. The SMILES string of the molecule is CC(OC(=O)c1c2ccccc2cc2ccccc12)C(=O)NC(C)(C#N)C(C)C. The number of ether oxygens (including phenoxy) is 1. The number of hydrogen-bond acceptors (Lipinski definition) is 4. The van der Waals surface area contributed by atoms with Crippen molar-refractivity contribution >= 4 is 33.4 Å². The number of nitrogens with one attached hydrogen (secondary N) is 1. The Hall–Kier alpha value is -3.39. The highest BCUT2D eigenvalue weighted by Gasteiger charge is 2.33. The zero-order valence-corrected chi connectivity index (χ0v) is 17.0. The first-order valence-corrected chi connectivity index (χ1v) is 9.61. The van der Waals surface area contributed by atoms with E-state index in [1.165, 1.54) is 6.92 Å². The Labute approximate surface area is 170 Å². The van der Waals surface area contributed by atoms with E-state index in [1.807, 2.05) is 68.4 Å². The average Bonchev–Trinajstić information content (AvgIpc) is 2.71. The Morgan fingerprint density at radius 3 is 2.00 bits per heavy atom. The summed E-state index contributed by atoms with van der Waals surface area (Å²) >= 11 is 0. The molecule has 0 aliphatic carbocycles. The summed E-state index contributed by atoms with van der Waals surface area (Å²) in [5, 5.41) is 15.5. The summed E-state index contributed by atoms with van der Waals surface area (Å²) in [5.74, 6) is -1.16. The molecule has 1 amide bonds. The summed E-state index contributed by atoms with van der Waals surface area (Å²) in [4.78, 5) is 25.7. The highest BCUT2D eigenvalue weighted by Crippen LogP contribution is 2.29. The maximum Gasteiger partial charge on any atom is 0.340 e. The molecule has 2 atom stereocenters. The number of benzene rings is 3. The highest BCUT2D eigenvalue weighted by atomic mass is 16.5. The molecule has 3 aromatic carbocycles. The van der Waals surface area contributed by atoms with E-state index in [2.05, 4.69) is 11.4 Å². The Morgan fingerprint density at radius 1 is 1.00 bits per heavy atom. The van der Waals surface area contributed by atoms with Crippen LogP contribution >= 0.6 is 0 Å². The lowest BCUT2D eigenvalue weighted by Gasteiger charge is -2.28. The fourth-order valence-corrected chi connectivity index (χ4v) is 3.17. The molecule has 29 heavy (non-hydrogen) atoms. The molecule has 3 aromatic rings. The van der Waals surface area contributed by atoms with Crippen molar-refractivity contribution in [3.05, 3.63) is 60.2 Å². The van der Waals surface area contributed by atoms with Crippen LogP contribution in [0.1, 0.15) is 38.1 Å². The molecule has 1 N–H and O–H groups in total. The minimum Gasteiger partial charge on any atom is -0.449 e. The van der Waals surface area contributed by atoms with Gasteiger partial charge in [0.25, 0.3) is 5.91 Å². The van der Waals surface area contributed by atoms with Crippen LogP contribution in [0, 0.1) is 17.2 Å². The fraction of sp³-hybridized carbons (Fsp3) is 0.292. The van der Waals surface area contributed by atoms with Crippen LogP contribution in [0.2, 0.25) is 0 Å². The molecular formula is C24H24N2O3. The van der Waals surface area contributed by atoms with Gasteiger partial charge in [-0.05, 0) is 47.4 Å². The fourth-order valence-electron chi connectivity index (χ4n) is 3.17. The van der Waals surface area contributed by atoms with E-state index in [0.29, 0.717) is 5.56 Å². The quantitative estimate of drug-likeness (QED) is 0.512. The van der Waals surface area contributed by atoms with Gasteiger partial charge in [-0.2, -0.15) is 5.26 Å². The van der Waals surface area contributed by atoms with Crippen molar-refractivity contribution in [2.75, 3.05) is 0 Å². The lowest BCUT2D eigenvalue weighted by molar-refractivity contribution is -0.130. The maximum absolute atomic E-state index is 13.1.